The Morgan fingerprint density at radius 3 is 2.26 bits per heavy atom. The smallest absolute Gasteiger partial charge is 0.146 e. The number of nitrogens with zero attached hydrogens (tertiary/aromatic N) is 1. The van der Waals surface area contributed by atoms with Gasteiger partial charge in [0.2, 0.25) is 0 Å². The molecule has 0 bridgehead atoms. The molecule has 19 heavy (non-hydrogen) atoms. The van der Waals surface area contributed by atoms with Crippen molar-refractivity contribution >= 4 is 5.69 Å². The SMILES string of the molecule is CN(c1ccccc1F)C(CN)c1ccc(F)cc1. The molecular weight excluding hydrogens is 246 g/mol. The first-order chi connectivity index (χ1) is 9.13. The van der Waals surface area contributed by atoms with Crippen molar-refractivity contribution in [3.8, 4) is 0 Å². The molecule has 0 radical (unpaired) electrons. The third-order valence-corrected chi connectivity index (χ3v) is 3.18. The lowest BCUT2D eigenvalue weighted by Crippen LogP contribution is -2.31. The number of para-hydroxylation sites is 1. The summed E-state index contributed by atoms with van der Waals surface area (Å²) in [5.41, 5.74) is 7.10. The fourth-order valence-corrected chi connectivity index (χ4v) is 2.11. The average Bonchev–Trinajstić information content (AvgIpc) is 2.42. The van der Waals surface area contributed by atoms with E-state index in [1.54, 1.807) is 42.3 Å². The van der Waals surface area contributed by atoms with Crippen LogP contribution in [0.4, 0.5) is 14.5 Å². The van der Waals surface area contributed by atoms with Crippen LogP contribution in [0.3, 0.4) is 0 Å². The van der Waals surface area contributed by atoms with Gasteiger partial charge in [0.1, 0.15) is 11.6 Å². The van der Waals surface area contributed by atoms with Crippen molar-refractivity contribution < 1.29 is 8.78 Å². The minimum atomic E-state index is -0.300. The maximum absolute atomic E-state index is 13.8. The van der Waals surface area contributed by atoms with Crippen molar-refractivity contribution in [2.24, 2.45) is 5.73 Å². The van der Waals surface area contributed by atoms with Gasteiger partial charge in [-0.15, -0.1) is 0 Å². The lowest BCUT2D eigenvalue weighted by atomic mass is 10.0. The van der Waals surface area contributed by atoms with Gasteiger partial charge in [-0.25, -0.2) is 8.78 Å². The molecule has 2 aromatic rings. The molecule has 0 saturated carbocycles. The number of rotatable bonds is 4. The van der Waals surface area contributed by atoms with E-state index in [4.69, 9.17) is 5.73 Å². The molecule has 0 aromatic heterocycles. The highest BCUT2D eigenvalue weighted by atomic mass is 19.1. The molecule has 0 heterocycles. The van der Waals surface area contributed by atoms with E-state index < -0.39 is 0 Å². The molecule has 0 aliphatic rings. The van der Waals surface area contributed by atoms with Crippen LogP contribution in [0.25, 0.3) is 0 Å². The Balaban J connectivity index is 2.32. The summed E-state index contributed by atoms with van der Waals surface area (Å²) in [7, 11) is 1.78. The zero-order chi connectivity index (χ0) is 13.8. The summed E-state index contributed by atoms with van der Waals surface area (Å²) in [5, 5.41) is 0. The van der Waals surface area contributed by atoms with Crippen LogP contribution in [-0.2, 0) is 0 Å². The largest absolute Gasteiger partial charge is 0.364 e. The molecule has 0 aliphatic carbocycles. The van der Waals surface area contributed by atoms with Crippen LogP contribution in [0.5, 0.6) is 0 Å². The van der Waals surface area contributed by atoms with Crippen molar-refractivity contribution in [3.05, 3.63) is 65.7 Å². The van der Waals surface area contributed by atoms with E-state index in [1.165, 1.54) is 18.2 Å². The molecule has 4 heteroatoms. The van der Waals surface area contributed by atoms with E-state index in [0.29, 0.717) is 12.2 Å². The first-order valence-electron chi connectivity index (χ1n) is 6.06. The first kappa shape index (κ1) is 13.5. The van der Waals surface area contributed by atoms with E-state index >= 15 is 0 Å². The van der Waals surface area contributed by atoms with Crippen LogP contribution in [-0.4, -0.2) is 13.6 Å². The zero-order valence-electron chi connectivity index (χ0n) is 10.7. The van der Waals surface area contributed by atoms with Gasteiger partial charge in [-0.2, -0.15) is 0 Å². The summed E-state index contributed by atoms with van der Waals surface area (Å²) in [4.78, 5) is 1.77. The van der Waals surface area contributed by atoms with Crippen molar-refractivity contribution in [1.29, 1.82) is 0 Å². The Bertz CT molecular complexity index is 540. The molecule has 2 N–H and O–H groups in total. The van der Waals surface area contributed by atoms with Gasteiger partial charge in [0.05, 0.1) is 11.7 Å². The number of hydrogen-bond acceptors (Lipinski definition) is 2. The second-order valence-corrected chi connectivity index (χ2v) is 4.37. The van der Waals surface area contributed by atoms with Crippen LogP contribution < -0.4 is 10.6 Å². The lowest BCUT2D eigenvalue weighted by Gasteiger charge is -2.29. The lowest BCUT2D eigenvalue weighted by molar-refractivity contribution is 0.600. The van der Waals surface area contributed by atoms with E-state index in [1.807, 2.05) is 0 Å². The summed E-state index contributed by atoms with van der Waals surface area (Å²) in [6, 6.07) is 12.4. The highest BCUT2D eigenvalue weighted by Crippen LogP contribution is 2.27. The summed E-state index contributed by atoms with van der Waals surface area (Å²) in [6.07, 6.45) is 0. The van der Waals surface area contributed by atoms with Crippen LogP contribution in [0.2, 0.25) is 0 Å². The van der Waals surface area contributed by atoms with Crippen LogP contribution in [0.15, 0.2) is 48.5 Å². The predicted molar refractivity (Wildman–Crippen MR) is 73.0 cm³/mol. The third kappa shape index (κ3) is 2.90. The number of halogens is 2. The molecule has 0 fully saturated rings. The number of benzene rings is 2. The van der Waals surface area contributed by atoms with E-state index in [0.717, 1.165) is 5.56 Å². The first-order valence-corrected chi connectivity index (χ1v) is 6.06. The van der Waals surface area contributed by atoms with Gasteiger partial charge in [-0.3, -0.25) is 0 Å². The maximum atomic E-state index is 13.8. The second kappa shape index (κ2) is 5.80. The highest BCUT2D eigenvalue weighted by Gasteiger charge is 2.18. The molecule has 0 amide bonds. The van der Waals surface area contributed by atoms with Gasteiger partial charge in [-0.1, -0.05) is 24.3 Å². The fraction of sp³-hybridized carbons (Fsp3) is 0.200. The molecule has 0 aliphatic heterocycles. The fourth-order valence-electron chi connectivity index (χ4n) is 2.11. The van der Waals surface area contributed by atoms with Crippen molar-refractivity contribution in [3.63, 3.8) is 0 Å². The van der Waals surface area contributed by atoms with E-state index in [2.05, 4.69) is 0 Å². The van der Waals surface area contributed by atoms with Gasteiger partial charge in [0, 0.05) is 13.6 Å². The summed E-state index contributed by atoms with van der Waals surface area (Å²) >= 11 is 0. The molecule has 100 valence electrons. The van der Waals surface area contributed by atoms with Crippen molar-refractivity contribution in [1.82, 2.24) is 0 Å². The normalized spacial score (nSPS) is 12.2. The Hall–Kier alpha value is -1.94. The van der Waals surface area contributed by atoms with Gasteiger partial charge in [0.25, 0.3) is 0 Å². The summed E-state index contributed by atoms with van der Waals surface area (Å²) in [5.74, 6) is -0.598. The third-order valence-electron chi connectivity index (χ3n) is 3.18. The monoisotopic (exact) mass is 262 g/mol. The molecular formula is C15H16F2N2. The van der Waals surface area contributed by atoms with Crippen LogP contribution >= 0.6 is 0 Å². The van der Waals surface area contributed by atoms with Crippen molar-refractivity contribution in [2.75, 3.05) is 18.5 Å². The Morgan fingerprint density at radius 1 is 1.05 bits per heavy atom. The molecule has 1 unspecified atom stereocenters. The average molecular weight is 262 g/mol. The quantitative estimate of drug-likeness (QED) is 0.917. The molecule has 2 nitrogen and oxygen atoms in total. The predicted octanol–water partition coefficient (Wildman–Crippen LogP) is 3.10. The van der Waals surface area contributed by atoms with Crippen LogP contribution in [0, 0.1) is 11.6 Å². The molecule has 0 spiro atoms. The summed E-state index contributed by atoms with van der Waals surface area (Å²) in [6.45, 7) is 0.316. The molecule has 2 rings (SSSR count). The second-order valence-electron chi connectivity index (χ2n) is 4.37. The van der Waals surface area contributed by atoms with Gasteiger partial charge < -0.3 is 10.6 Å². The van der Waals surface area contributed by atoms with Gasteiger partial charge >= 0.3 is 0 Å². The highest BCUT2D eigenvalue weighted by molar-refractivity contribution is 5.49. The molecule has 1 atom stereocenters. The minimum absolute atomic E-state index is 0.197. The van der Waals surface area contributed by atoms with E-state index in [9.17, 15) is 8.78 Å². The van der Waals surface area contributed by atoms with Crippen LogP contribution in [0.1, 0.15) is 11.6 Å². The molecule has 0 saturated heterocycles. The van der Waals surface area contributed by atoms with Crippen molar-refractivity contribution in [2.45, 2.75) is 6.04 Å². The Labute approximate surface area is 111 Å². The number of nitrogens with two attached hydrogens (primary N) is 1. The minimum Gasteiger partial charge on any atom is -0.364 e. The summed E-state index contributed by atoms with van der Waals surface area (Å²) < 4.78 is 26.7. The van der Waals surface area contributed by atoms with E-state index in [-0.39, 0.29) is 17.7 Å². The molecule has 2 aromatic carbocycles. The number of anilines is 1. The Morgan fingerprint density at radius 2 is 1.68 bits per heavy atom. The number of likely N-dealkylation sites (N-methyl/N-ethyl adjacent to an activating group) is 1. The standard InChI is InChI=1S/C15H16F2N2/c1-19(14-5-3-2-4-13(14)17)15(10-18)11-6-8-12(16)9-7-11/h2-9,15H,10,18H2,1H3. The Kier molecular flexibility index (Phi) is 4.12. The number of hydrogen-bond donors (Lipinski definition) is 1. The zero-order valence-corrected chi connectivity index (χ0v) is 10.7. The van der Waals surface area contributed by atoms with Gasteiger partial charge in [-0.05, 0) is 29.8 Å². The topological polar surface area (TPSA) is 29.3 Å². The van der Waals surface area contributed by atoms with Gasteiger partial charge in [0.15, 0.2) is 0 Å². The maximum Gasteiger partial charge on any atom is 0.146 e.